The minimum atomic E-state index is 0.729. The van der Waals surface area contributed by atoms with Crippen molar-refractivity contribution in [1.29, 1.82) is 0 Å². The first-order chi connectivity index (χ1) is 9.69. The zero-order chi connectivity index (χ0) is 14.5. The summed E-state index contributed by atoms with van der Waals surface area (Å²) in [5.74, 6) is 1.95. The molecule has 2 rings (SSSR count). The smallest absolute Gasteiger partial charge is 0.109 e. The second kappa shape index (κ2) is 6.89. The highest BCUT2D eigenvalue weighted by Gasteiger charge is 2.12. The lowest BCUT2D eigenvalue weighted by Gasteiger charge is -2.13. The Morgan fingerprint density at radius 3 is 2.70 bits per heavy atom. The van der Waals surface area contributed by atoms with Crippen molar-refractivity contribution in [3.8, 4) is 0 Å². The molecule has 1 unspecified atom stereocenters. The fourth-order valence-corrected chi connectivity index (χ4v) is 2.95. The van der Waals surface area contributed by atoms with Crippen LogP contribution in [-0.4, -0.2) is 16.1 Å². The van der Waals surface area contributed by atoms with Crippen molar-refractivity contribution in [3.05, 3.63) is 29.6 Å². The van der Waals surface area contributed by atoms with E-state index in [9.17, 15) is 0 Å². The van der Waals surface area contributed by atoms with Crippen molar-refractivity contribution in [1.82, 2.24) is 9.55 Å². The van der Waals surface area contributed by atoms with E-state index in [-0.39, 0.29) is 0 Å². The largest absolute Gasteiger partial charge is 0.330 e. The summed E-state index contributed by atoms with van der Waals surface area (Å²) in [7, 11) is 0. The average Bonchev–Trinajstić information content (AvgIpc) is 2.79. The number of nitrogens with two attached hydrogens (primary N) is 1. The van der Waals surface area contributed by atoms with Crippen LogP contribution in [0, 0.1) is 12.8 Å². The third-order valence-corrected chi connectivity index (χ3v) is 4.23. The predicted molar refractivity (Wildman–Crippen MR) is 85.9 cm³/mol. The Labute approximate surface area is 122 Å². The molecule has 3 nitrogen and oxygen atoms in total. The Morgan fingerprint density at radius 1 is 1.25 bits per heavy atom. The Kier molecular flexibility index (Phi) is 5.18. The first kappa shape index (κ1) is 15.0. The van der Waals surface area contributed by atoms with Gasteiger partial charge >= 0.3 is 0 Å². The fraction of sp³-hybridized carbons (Fsp3) is 0.588. The van der Waals surface area contributed by atoms with E-state index in [0.29, 0.717) is 0 Å². The Bertz CT molecular complexity index is 557. The minimum absolute atomic E-state index is 0.729. The molecule has 0 amide bonds. The lowest BCUT2D eigenvalue weighted by Crippen LogP contribution is -2.10. The van der Waals surface area contributed by atoms with Crippen molar-refractivity contribution in [2.45, 2.75) is 53.0 Å². The van der Waals surface area contributed by atoms with Gasteiger partial charge in [-0.15, -0.1) is 0 Å². The Morgan fingerprint density at radius 2 is 2.05 bits per heavy atom. The molecule has 1 aromatic carbocycles. The second-order valence-electron chi connectivity index (χ2n) is 5.65. The van der Waals surface area contributed by atoms with E-state index in [1.54, 1.807) is 0 Å². The van der Waals surface area contributed by atoms with Gasteiger partial charge in [0, 0.05) is 13.0 Å². The number of nitrogens with zero attached hydrogens (tertiary/aromatic N) is 2. The first-order valence-electron chi connectivity index (χ1n) is 7.85. The summed E-state index contributed by atoms with van der Waals surface area (Å²) in [4.78, 5) is 4.84. The van der Waals surface area contributed by atoms with Crippen molar-refractivity contribution in [2.24, 2.45) is 11.7 Å². The molecule has 1 aromatic heterocycles. The van der Waals surface area contributed by atoms with Crippen LogP contribution < -0.4 is 5.73 Å². The highest BCUT2D eigenvalue weighted by molar-refractivity contribution is 5.76. The summed E-state index contributed by atoms with van der Waals surface area (Å²) in [6, 6.07) is 6.55. The molecule has 0 saturated heterocycles. The SMILES string of the molecule is CCC(CCN)CCc1nc2cc(C)ccc2n1CC. The summed E-state index contributed by atoms with van der Waals surface area (Å²) >= 11 is 0. The normalized spacial score (nSPS) is 13.0. The van der Waals surface area contributed by atoms with Crippen LogP contribution in [0.25, 0.3) is 11.0 Å². The molecule has 0 fully saturated rings. The summed E-state index contributed by atoms with van der Waals surface area (Å²) in [5.41, 5.74) is 9.36. The fourth-order valence-electron chi connectivity index (χ4n) is 2.95. The summed E-state index contributed by atoms with van der Waals surface area (Å²) in [6.45, 7) is 8.36. The number of fused-ring (bicyclic) bond motifs is 1. The molecule has 0 aliphatic carbocycles. The number of hydrogen-bond donors (Lipinski definition) is 1. The monoisotopic (exact) mass is 273 g/mol. The van der Waals surface area contributed by atoms with Crippen LogP contribution in [0.15, 0.2) is 18.2 Å². The number of aromatic nitrogens is 2. The zero-order valence-corrected chi connectivity index (χ0v) is 13.0. The van der Waals surface area contributed by atoms with E-state index < -0.39 is 0 Å². The predicted octanol–water partition coefficient (Wildman–Crippen LogP) is 3.67. The van der Waals surface area contributed by atoms with E-state index in [2.05, 4.69) is 43.5 Å². The van der Waals surface area contributed by atoms with E-state index >= 15 is 0 Å². The van der Waals surface area contributed by atoms with Crippen LogP contribution in [-0.2, 0) is 13.0 Å². The van der Waals surface area contributed by atoms with Gasteiger partial charge in [-0.3, -0.25) is 0 Å². The van der Waals surface area contributed by atoms with Crippen LogP contribution in [0.1, 0.15) is 44.5 Å². The van der Waals surface area contributed by atoms with Gasteiger partial charge < -0.3 is 10.3 Å². The molecule has 3 heteroatoms. The molecule has 0 aliphatic rings. The van der Waals surface area contributed by atoms with Gasteiger partial charge in [0.1, 0.15) is 5.82 Å². The van der Waals surface area contributed by atoms with Crippen LogP contribution >= 0.6 is 0 Å². The molecule has 2 aromatic rings. The lowest BCUT2D eigenvalue weighted by atomic mass is 9.96. The number of imidazole rings is 1. The van der Waals surface area contributed by atoms with Gasteiger partial charge in [0.05, 0.1) is 11.0 Å². The molecular formula is C17H27N3. The van der Waals surface area contributed by atoms with Gasteiger partial charge in [0.2, 0.25) is 0 Å². The third-order valence-electron chi connectivity index (χ3n) is 4.23. The summed E-state index contributed by atoms with van der Waals surface area (Å²) in [5, 5.41) is 0. The van der Waals surface area contributed by atoms with E-state index in [4.69, 9.17) is 10.7 Å². The number of hydrogen-bond acceptors (Lipinski definition) is 2. The quantitative estimate of drug-likeness (QED) is 0.836. The zero-order valence-electron chi connectivity index (χ0n) is 13.0. The maximum absolute atomic E-state index is 5.69. The van der Waals surface area contributed by atoms with Gasteiger partial charge in [-0.2, -0.15) is 0 Å². The molecule has 1 heterocycles. The maximum atomic E-state index is 5.69. The minimum Gasteiger partial charge on any atom is -0.330 e. The molecule has 20 heavy (non-hydrogen) atoms. The van der Waals surface area contributed by atoms with E-state index in [1.807, 2.05) is 0 Å². The maximum Gasteiger partial charge on any atom is 0.109 e. The molecule has 0 saturated carbocycles. The lowest BCUT2D eigenvalue weighted by molar-refractivity contribution is 0.435. The van der Waals surface area contributed by atoms with Crippen LogP contribution in [0.3, 0.4) is 0 Å². The second-order valence-corrected chi connectivity index (χ2v) is 5.65. The Hall–Kier alpha value is -1.35. The molecule has 1 atom stereocenters. The van der Waals surface area contributed by atoms with E-state index in [1.165, 1.54) is 29.7 Å². The number of aryl methyl sites for hydroxylation is 3. The number of benzene rings is 1. The highest BCUT2D eigenvalue weighted by Crippen LogP contribution is 2.21. The van der Waals surface area contributed by atoms with Crippen molar-refractivity contribution in [2.75, 3.05) is 6.54 Å². The van der Waals surface area contributed by atoms with Gasteiger partial charge in [-0.1, -0.05) is 19.4 Å². The highest BCUT2D eigenvalue weighted by atomic mass is 15.1. The molecular weight excluding hydrogens is 246 g/mol. The van der Waals surface area contributed by atoms with Crippen molar-refractivity contribution < 1.29 is 0 Å². The molecule has 0 spiro atoms. The van der Waals surface area contributed by atoms with Gasteiger partial charge in [0.25, 0.3) is 0 Å². The van der Waals surface area contributed by atoms with Crippen molar-refractivity contribution >= 4 is 11.0 Å². The average molecular weight is 273 g/mol. The Balaban J connectivity index is 2.20. The summed E-state index contributed by atoms with van der Waals surface area (Å²) in [6.07, 6.45) is 4.58. The number of rotatable bonds is 7. The molecule has 0 aliphatic heterocycles. The van der Waals surface area contributed by atoms with Gasteiger partial charge in [0.15, 0.2) is 0 Å². The molecule has 110 valence electrons. The van der Waals surface area contributed by atoms with Crippen LogP contribution in [0.2, 0.25) is 0 Å². The summed E-state index contributed by atoms with van der Waals surface area (Å²) < 4.78 is 2.35. The third kappa shape index (κ3) is 3.21. The standard InChI is InChI=1S/C17H27N3/c1-4-14(10-11-18)7-9-17-19-15-12-13(3)6-8-16(15)20(17)5-2/h6,8,12,14H,4-5,7,9-11,18H2,1-3H3. The van der Waals surface area contributed by atoms with Gasteiger partial charge in [-0.25, -0.2) is 4.98 Å². The molecule has 2 N–H and O–H groups in total. The molecule has 0 bridgehead atoms. The molecule has 0 radical (unpaired) electrons. The van der Waals surface area contributed by atoms with Crippen LogP contribution in [0.4, 0.5) is 0 Å². The van der Waals surface area contributed by atoms with Crippen LogP contribution in [0.5, 0.6) is 0 Å². The topological polar surface area (TPSA) is 43.8 Å². The van der Waals surface area contributed by atoms with Gasteiger partial charge in [-0.05, 0) is 56.8 Å². The first-order valence-corrected chi connectivity index (χ1v) is 7.85. The van der Waals surface area contributed by atoms with E-state index in [0.717, 1.165) is 37.4 Å². The van der Waals surface area contributed by atoms with Crippen molar-refractivity contribution in [3.63, 3.8) is 0 Å².